The molecule has 4 amide bonds. The van der Waals surface area contributed by atoms with Crippen LogP contribution in [0.25, 0.3) is 0 Å². The molecule has 4 heterocycles. The number of carbonyl (C=O) groups is 4. The fraction of sp³-hybridized carbons (Fsp3) is 0.483. The lowest BCUT2D eigenvalue weighted by atomic mass is 10.1. The number of fused-ring (bicyclic) bond motifs is 16. The maximum Gasteiger partial charge on any atom is 0.252 e. The molecule has 2 aromatic rings. The Bertz CT molecular complexity index is 1230. The monoisotopic (exact) mass is 566 g/mol. The van der Waals surface area contributed by atoms with Gasteiger partial charge < -0.3 is 30.3 Å². The second-order valence-corrected chi connectivity index (χ2v) is 10.2. The minimum Gasteiger partial charge on any atom is -0.493 e. The second kappa shape index (κ2) is 14.4. The van der Waals surface area contributed by atoms with Crippen LogP contribution in [-0.2, 0) is 20.9 Å². The highest BCUT2D eigenvalue weighted by molar-refractivity contribution is 5.98. The Labute approximate surface area is 239 Å². The number of hydrogen-bond acceptors (Lipinski definition) is 8. The van der Waals surface area contributed by atoms with Gasteiger partial charge in [-0.05, 0) is 62.1 Å². The Morgan fingerprint density at radius 2 is 1.83 bits per heavy atom. The van der Waals surface area contributed by atoms with Crippen LogP contribution in [-0.4, -0.2) is 96.9 Å². The van der Waals surface area contributed by atoms with Crippen molar-refractivity contribution in [3.8, 4) is 11.5 Å². The summed E-state index contributed by atoms with van der Waals surface area (Å²) in [7, 11) is 1.47. The zero-order valence-electron chi connectivity index (χ0n) is 23.6. The molecule has 2 bridgehead atoms. The van der Waals surface area contributed by atoms with E-state index in [0.717, 1.165) is 5.56 Å². The van der Waals surface area contributed by atoms with E-state index < -0.39 is 18.0 Å². The molecular weight excluding hydrogens is 528 g/mol. The molecule has 12 heteroatoms. The van der Waals surface area contributed by atoms with Crippen LogP contribution in [0.1, 0.15) is 42.1 Å². The van der Waals surface area contributed by atoms with Crippen molar-refractivity contribution in [1.82, 2.24) is 30.7 Å². The first-order valence-corrected chi connectivity index (χ1v) is 13.9. The topological polar surface area (TPSA) is 142 Å². The smallest absolute Gasteiger partial charge is 0.252 e. The Hall–Kier alpha value is -4.19. The lowest BCUT2D eigenvalue weighted by Crippen LogP contribution is -2.52. The Balaban J connectivity index is 1.50. The fourth-order valence-electron chi connectivity index (χ4n) is 5.02. The predicted octanol–water partition coefficient (Wildman–Crippen LogP) is 0.717. The summed E-state index contributed by atoms with van der Waals surface area (Å²) in [6.07, 6.45) is 5.32. The lowest BCUT2D eigenvalue weighted by Gasteiger charge is -2.27. The van der Waals surface area contributed by atoms with Crippen molar-refractivity contribution < 1.29 is 28.7 Å². The molecule has 1 aromatic carbocycles. The van der Waals surface area contributed by atoms with Gasteiger partial charge in [0.2, 0.25) is 17.7 Å². The van der Waals surface area contributed by atoms with Crippen molar-refractivity contribution in [2.75, 3.05) is 46.4 Å². The Morgan fingerprint density at radius 1 is 1.02 bits per heavy atom. The number of aromatic nitrogens is 1. The molecule has 220 valence electrons. The summed E-state index contributed by atoms with van der Waals surface area (Å²) in [6.45, 7) is 4.26. The minimum absolute atomic E-state index is 0.151. The van der Waals surface area contributed by atoms with Crippen LogP contribution in [0, 0.1) is 0 Å². The van der Waals surface area contributed by atoms with Crippen LogP contribution < -0.4 is 25.4 Å². The first-order valence-electron chi connectivity index (χ1n) is 13.9. The third kappa shape index (κ3) is 8.16. The van der Waals surface area contributed by atoms with Gasteiger partial charge in [-0.3, -0.25) is 29.1 Å². The molecule has 3 N–H and O–H groups in total. The van der Waals surface area contributed by atoms with Crippen LogP contribution in [0.3, 0.4) is 0 Å². The maximum atomic E-state index is 13.2. The molecule has 0 aliphatic carbocycles. The zero-order chi connectivity index (χ0) is 29.2. The second-order valence-electron chi connectivity index (χ2n) is 10.2. The van der Waals surface area contributed by atoms with Gasteiger partial charge in [-0.15, -0.1) is 0 Å². The number of hydrogen-bond donors (Lipinski definition) is 3. The number of rotatable bonds is 3. The fourth-order valence-corrected chi connectivity index (χ4v) is 5.02. The van der Waals surface area contributed by atoms with Crippen molar-refractivity contribution in [2.24, 2.45) is 0 Å². The number of methoxy groups -OCH3 is 1. The van der Waals surface area contributed by atoms with Crippen LogP contribution in [0.4, 0.5) is 0 Å². The summed E-state index contributed by atoms with van der Waals surface area (Å²) >= 11 is 0. The average Bonchev–Trinajstić information content (AvgIpc) is 3.47. The van der Waals surface area contributed by atoms with Gasteiger partial charge in [0, 0.05) is 44.1 Å². The molecule has 3 aliphatic rings. The van der Waals surface area contributed by atoms with E-state index in [9.17, 15) is 19.2 Å². The number of amides is 4. The van der Waals surface area contributed by atoms with E-state index in [1.807, 2.05) is 17.0 Å². The van der Waals surface area contributed by atoms with Crippen LogP contribution in [0.15, 0.2) is 42.7 Å². The lowest BCUT2D eigenvalue weighted by molar-refractivity contribution is -0.139. The summed E-state index contributed by atoms with van der Waals surface area (Å²) in [5, 5.41) is 8.57. The molecular formula is C29H38N6O6. The van der Waals surface area contributed by atoms with Gasteiger partial charge in [-0.2, -0.15) is 0 Å². The molecule has 41 heavy (non-hydrogen) atoms. The molecule has 2 atom stereocenters. The van der Waals surface area contributed by atoms with E-state index in [1.165, 1.54) is 13.2 Å². The van der Waals surface area contributed by atoms with E-state index in [0.29, 0.717) is 62.5 Å². The van der Waals surface area contributed by atoms with Crippen LogP contribution in [0.5, 0.6) is 11.5 Å². The standard InChI is InChI=1S/C29H38N6O6/c1-20-29(39)35-15-3-5-23(35)28(38)32-10-4-14-34(18-21-8-11-30-12-9-21)19-26(36)31-13-16-41-24-7-6-22(27(37)33-20)17-25(24)40-2/h6-9,11-12,17,20,23H,3-5,10,13-16,18-19H2,1-2H3,(H,31,36)(H,32,38)(H,33,37)/t20-,23+/m0/s1. The van der Waals surface area contributed by atoms with E-state index in [4.69, 9.17) is 9.47 Å². The van der Waals surface area contributed by atoms with Gasteiger partial charge in [0.05, 0.1) is 20.2 Å². The van der Waals surface area contributed by atoms with Gasteiger partial charge >= 0.3 is 0 Å². The molecule has 5 rings (SSSR count). The third-order valence-electron chi connectivity index (χ3n) is 7.14. The highest BCUT2D eigenvalue weighted by atomic mass is 16.5. The summed E-state index contributed by atoms with van der Waals surface area (Å²) in [5.74, 6) is -0.335. The quantitative estimate of drug-likeness (QED) is 0.462. The summed E-state index contributed by atoms with van der Waals surface area (Å²) in [5.41, 5.74) is 1.33. The molecule has 3 aliphatic heterocycles. The van der Waals surface area contributed by atoms with E-state index >= 15 is 0 Å². The van der Waals surface area contributed by atoms with Crippen molar-refractivity contribution >= 4 is 23.6 Å². The number of nitrogens with zero attached hydrogens (tertiary/aromatic N) is 3. The SMILES string of the molecule is COc1cc2ccc1OCCNC(=O)CN(Cc1ccncc1)CCCNC(=O)[C@H]1CCCN1C(=O)[C@H](C)NC2=O. The van der Waals surface area contributed by atoms with Gasteiger partial charge in [0.25, 0.3) is 5.91 Å². The molecule has 1 fully saturated rings. The van der Waals surface area contributed by atoms with Gasteiger partial charge in [0.1, 0.15) is 18.7 Å². The Kier molecular flexibility index (Phi) is 10.5. The molecule has 1 saturated heterocycles. The highest BCUT2D eigenvalue weighted by Crippen LogP contribution is 2.28. The summed E-state index contributed by atoms with van der Waals surface area (Å²) < 4.78 is 11.2. The highest BCUT2D eigenvalue weighted by Gasteiger charge is 2.36. The normalized spacial score (nSPS) is 22.0. The molecule has 0 spiro atoms. The number of pyridine rings is 1. The van der Waals surface area contributed by atoms with Gasteiger partial charge in [0.15, 0.2) is 11.5 Å². The number of nitrogens with one attached hydrogen (secondary N) is 3. The zero-order valence-corrected chi connectivity index (χ0v) is 23.6. The molecule has 0 saturated carbocycles. The van der Waals surface area contributed by atoms with Crippen molar-refractivity contribution in [2.45, 2.75) is 44.8 Å². The van der Waals surface area contributed by atoms with E-state index in [-0.39, 0.29) is 37.4 Å². The largest absolute Gasteiger partial charge is 0.493 e. The van der Waals surface area contributed by atoms with Crippen LogP contribution in [0.2, 0.25) is 0 Å². The third-order valence-corrected chi connectivity index (χ3v) is 7.14. The summed E-state index contributed by atoms with van der Waals surface area (Å²) in [6, 6.07) is 7.14. The predicted molar refractivity (Wildman–Crippen MR) is 150 cm³/mol. The van der Waals surface area contributed by atoms with Gasteiger partial charge in [-0.25, -0.2) is 0 Å². The molecule has 0 radical (unpaired) electrons. The molecule has 0 unspecified atom stereocenters. The minimum atomic E-state index is -0.818. The van der Waals surface area contributed by atoms with E-state index in [2.05, 4.69) is 20.9 Å². The van der Waals surface area contributed by atoms with Crippen molar-refractivity contribution in [1.29, 1.82) is 0 Å². The first-order chi connectivity index (χ1) is 19.9. The van der Waals surface area contributed by atoms with Crippen molar-refractivity contribution in [3.05, 3.63) is 53.9 Å². The van der Waals surface area contributed by atoms with E-state index in [1.54, 1.807) is 36.4 Å². The van der Waals surface area contributed by atoms with Crippen molar-refractivity contribution in [3.63, 3.8) is 0 Å². The summed E-state index contributed by atoms with van der Waals surface area (Å²) in [4.78, 5) is 59.5. The average molecular weight is 567 g/mol. The van der Waals surface area contributed by atoms with Crippen LogP contribution >= 0.6 is 0 Å². The Morgan fingerprint density at radius 3 is 2.61 bits per heavy atom. The number of benzene rings is 1. The maximum absolute atomic E-state index is 13.2. The molecule has 12 nitrogen and oxygen atoms in total. The first kappa shape index (κ1) is 29.8. The van der Waals surface area contributed by atoms with Gasteiger partial charge in [-0.1, -0.05) is 0 Å². The number of ether oxygens (including phenoxy) is 2. The molecule has 1 aromatic heterocycles. The number of carbonyl (C=O) groups excluding carboxylic acids is 4.